The van der Waals surface area contributed by atoms with Gasteiger partial charge in [-0.2, -0.15) is 0 Å². The summed E-state index contributed by atoms with van der Waals surface area (Å²) in [6.07, 6.45) is 3.03. The molecule has 2 atom stereocenters. The van der Waals surface area contributed by atoms with Crippen LogP contribution in [0.2, 0.25) is 0 Å². The maximum absolute atomic E-state index is 14.0. The topological polar surface area (TPSA) is 70.3 Å². The molecule has 1 aliphatic rings. The van der Waals surface area contributed by atoms with Crippen LogP contribution in [0.3, 0.4) is 0 Å². The Bertz CT molecular complexity index is 693. The maximum Gasteiger partial charge on any atom is 0.171 e. The highest BCUT2D eigenvalue weighted by atomic mass is 19.1. The summed E-state index contributed by atoms with van der Waals surface area (Å²) in [6, 6.07) is 1.99. The molecule has 1 fully saturated rings. The molecule has 1 N–H and O–H groups in total. The molecular weight excluding hydrogens is 323 g/mol. The van der Waals surface area contributed by atoms with Gasteiger partial charge in [0, 0.05) is 51.2 Å². The molecule has 0 spiro atoms. The summed E-state index contributed by atoms with van der Waals surface area (Å²) in [5.41, 5.74) is 0.842. The highest BCUT2D eigenvalue weighted by Crippen LogP contribution is 2.26. The number of halogens is 1. The maximum atomic E-state index is 14.0. The molecule has 0 radical (unpaired) electrons. The summed E-state index contributed by atoms with van der Waals surface area (Å²) in [5, 5.41) is 7.13. The molecule has 0 amide bonds. The van der Waals surface area contributed by atoms with Crippen LogP contribution in [-0.2, 0) is 6.54 Å². The smallest absolute Gasteiger partial charge is 0.171 e. The minimum Gasteiger partial charge on any atom is -0.367 e. The number of rotatable bonds is 7. The fraction of sp³-hybridized carbons (Fsp3) is 0.588. The van der Waals surface area contributed by atoms with Crippen LogP contribution in [0.4, 0.5) is 16.0 Å². The first-order valence-electron chi connectivity index (χ1n) is 8.63. The van der Waals surface area contributed by atoms with E-state index in [1.54, 1.807) is 12.4 Å². The van der Waals surface area contributed by atoms with Crippen LogP contribution in [0, 0.1) is 6.92 Å². The van der Waals surface area contributed by atoms with Crippen molar-refractivity contribution in [3.8, 4) is 0 Å². The average molecular weight is 348 g/mol. The fourth-order valence-electron chi connectivity index (χ4n) is 3.30. The molecule has 0 bridgehead atoms. The van der Waals surface area contributed by atoms with Crippen molar-refractivity contribution < 1.29 is 8.91 Å². The molecule has 1 saturated heterocycles. The summed E-state index contributed by atoms with van der Waals surface area (Å²) in [5.74, 6) is 2.30. The SMILES string of the molecule is CCNc1nccnc1N(C)C[C@@H]1C[C@H](F)CN1Cc1cc(C)no1. The van der Waals surface area contributed by atoms with Crippen molar-refractivity contribution in [3.63, 3.8) is 0 Å². The van der Waals surface area contributed by atoms with Crippen LogP contribution in [0.25, 0.3) is 0 Å². The Kier molecular flexibility index (Phi) is 5.47. The third-order valence-electron chi connectivity index (χ3n) is 4.38. The number of nitrogens with one attached hydrogen (secondary N) is 1. The van der Waals surface area contributed by atoms with Gasteiger partial charge in [-0.15, -0.1) is 0 Å². The predicted octanol–water partition coefficient (Wildman–Crippen LogP) is 2.25. The van der Waals surface area contributed by atoms with Gasteiger partial charge in [0.2, 0.25) is 0 Å². The number of alkyl halides is 1. The van der Waals surface area contributed by atoms with E-state index in [-0.39, 0.29) is 6.04 Å². The fourth-order valence-corrected chi connectivity index (χ4v) is 3.30. The van der Waals surface area contributed by atoms with Gasteiger partial charge in [-0.1, -0.05) is 5.16 Å². The molecule has 25 heavy (non-hydrogen) atoms. The van der Waals surface area contributed by atoms with Crippen LogP contribution in [-0.4, -0.2) is 58.9 Å². The summed E-state index contributed by atoms with van der Waals surface area (Å²) >= 11 is 0. The van der Waals surface area contributed by atoms with Gasteiger partial charge in [-0.25, -0.2) is 14.4 Å². The number of likely N-dealkylation sites (N-methyl/N-ethyl adjacent to an activating group) is 1. The van der Waals surface area contributed by atoms with Crippen LogP contribution in [0.15, 0.2) is 23.0 Å². The third-order valence-corrected chi connectivity index (χ3v) is 4.38. The van der Waals surface area contributed by atoms with Gasteiger partial charge in [-0.05, 0) is 20.3 Å². The van der Waals surface area contributed by atoms with Crippen LogP contribution in [0.5, 0.6) is 0 Å². The number of anilines is 2. The summed E-state index contributed by atoms with van der Waals surface area (Å²) in [4.78, 5) is 12.9. The van der Waals surface area contributed by atoms with Gasteiger partial charge in [0.1, 0.15) is 6.17 Å². The monoisotopic (exact) mass is 348 g/mol. The Labute approximate surface area is 147 Å². The lowest BCUT2D eigenvalue weighted by atomic mass is 10.2. The van der Waals surface area contributed by atoms with E-state index >= 15 is 0 Å². The summed E-state index contributed by atoms with van der Waals surface area (Å²) in [6.45, 7) is 6.33. The van der Waals surface area contributed by atoms with Gasteiger partial charge < -0.3 is 14.7 Å². The summed E-state index contributed by atoms with van der Waals surface area (Å²) < 4.78 is 19.3. The minimum absolute atomic E-state index is 0.0851. The number of hydrogen-bond donors (Lipinski definition) is 1. The van der Waals surface area contributed by atoms with Crippen molar-refractivity contribution in [2.45, 2.75) is 39.0 Å². The second-order valence-electron chi connectivity index (χ2n) is 6.49. The van der Waals surface area contributed by atoms with Crippen molar-refractivity contribution in [1.29, 1.82) is 0 Å². The summed E-state index contributed by atoms with van der Waals surface area (Å²) in [7, 11) is 1.97. The molecule has 3 heterocycles. The highest BCUT2D eigenvalue weighted by Gasteiger charge is 2.34. The molecule has 0 aromatic carbocycles. The van der Waals surface area contributed by atoms with Gasteiger partial charge in [-0.3, -0.25) is 4.90 Å². The van der Waals surface area contributed by atoms with E-state index in [1.807, 2.05) is 31.9 Å². The molecule has 0 saturated carbocycles. The molecule has 2 aromatic rings. The zero-order valence-electron chi connectivity index (χ0n) is 14.9. The Morgan fingerprint density at radius 2 is 2.20 bits per heavy atom. The largest absolute Gasteiger partial charge is 0.367 e. The Balaban J connectivity index is 1.69. The lowest BCUT2D eigenvalue weighted by Crippen LogP contribution is -2.39. The van der Waals surface area contributed by atoms with Crippen molar-refractivity contribution in [3.05, 3.63) is 29.9 Å². The molecule has 0 aliphatic carbocycles. The molecular formula is C17H25FN6O. The van der Waals surface area contributed by atoms with E-state index in [0.29, 0.717) is 26.1 Å². The third kappa shape index (κ3) is 4.25. The van der Waals surface area contributed by atoms with Gasteiger partial charge >= 0.3 is 0 Å². The standard InChI is InChI=1S/C17H25FN6O/c1-4-19-16-17(21-6-5-20-16)23(3)10-14-8-13(18)9-24(14)11-15-7-12(2)22-25-15/h5-7,13-14H,4,8-11H2,1-3H3,(H,19,20)/t13-,14-/m0/s1. The highest BCUT2D eigenvalue weighted by molar-refractivity contribution is 5.60. The van der Waals surface area contributed by atoms with Crippen molar-refractivity contribution in [2.75, 3.05) is 36.9 Å². The second kappa shape index (κ2) is 7.77. The minimum atomic E-state index is -0.822. The first-order chi connectivity index (χ1) is 12.1. The zero-order valence-corrected chi connectivity index (χ0v) is 14.9. The molecule has 2 aromatic heterocycles. The van der Waals surface area contributed by atoms with E-state index in [9.17, 15) is 4.39 Å². The molecule has 136 valence electrons. The predicted molar refractivity (Wildman–Crippen MR) is 94.4 cm³/mol. The van der Waals surface area contributed by atoms with Crippen molar-refractivity contribution in [1.82, 2.24) is 20.0 Å². The molecule has 3 rings (SSSR count). The van der Waals surface area contributed by atoms with Crippen molar-refractivity contribution >= 4 is 11.6 Å². The quantitative estimate of drug-likeness (QED) is 0.823. The van der Waals surface area contributed by atoms with Gasteiger partial charge in [0.15, 0.2) is 17.4 Å². The Morgan fingerprint density at radius 1 is 1.40 bits per heavy atom. The van der Waals surface area contributed by atoms with Crippen LogP contribution in [0.1, 0.15) is 24.8 Å². The Hall–Kier alpha value is -2.22. The number of likely N-dealkylation sites (tertiary alicyclic amines) is 1. The number of nitrogens with zero attached hydrogens (tertiary/aromatic N) is 5. The number of aromatic nitrogens is 3. The number of hydrogen-bond acceptors (Lipinski definition) is 7. The van der Waals surface area contributed by atoms with E-state index in [4.69, 9.17) is 4.52 Å². The van der Waals surface area contributed by atoms with Gasteiger partial charge in [0.25, 0.3) is 0 Å². The van der Waals surface area contributed by atoms with Crippen LogP contribution < -0.4 is 10.2 Å². The van der Waals surface area contributed by atoms with Crippen LogP contribution >= 0.6 is 0 Å². The van der Waals surface area contributed by atoms with E-state index in [0.717, 1.165) is 29.6 Å². The zero-order chi connectivity index (χ0) is 17.8. The van der Waals surface area contributed by atoms with E-state index in [2.05, 4.69) is 25.3 Å². The first kappa shape index (κ1) is 17.6. The van der Waals surface area contributed by atoms with E-state index < -0.39 is 6.17 Å². The lowest BCUT2D eigenvalue weighted by Gasteiger charge is -2.28. The molecule has 0 unspecified atom stereocenters. The first-order valence-corrected chi connectivity index (χ1v) is 8.63. The normalized spacial score (nSPS) is 20.8. The molecule has 1 aliphatic heterocycles. The average Bonchev–Trinajstić information content (AvgIpc) is 3.14. The molecule has 8 heteroatoms. The number of aryl methyl sites for hydroxylation is 1. The second-order valence-corrected chi connectivity index (χ2v) is 6.49. The Morgan fingerprint density at radius 3 is 2.92 bits per heavy atom. The van der Waals surface area contributed by atoms with Crippen molar-refractivity contribution in [2.24, 2.45) is 0 Å². The van der Waals surface area contributed by atoms with Gasteiger partial charge in [0.05, 0.1) is 12.2 Å². The van der Waals surface area contributed by atoms with E-state index in [1.165, 1.54) is 0 Å². The lowest BCUT2D eigenvalue weighted by molar-refractivity contribution is 0.209. The molecule has 7 nitrogen and oxygen atoms in total.